The molecule has 0 spiro atoms. The van der Waals surface area contributed by atoms with Gasteiger partial charge in [0.2, 0.25) is 11.8 Å². The molecule has 0 aliphatic carbocycles. The van der Waals surface area contributed by atoms with Crippen LogP contribution < -0.4 is 10.6 Å². The molecule has 9 nitrogen and oxygen atoms in total. The Labute approximate surface area is 273 Å². The monoisotopic (exact) mass is 641 g/mol. The molecule has 248 valence electrons. The molecule has 0 aliphatic rings. The normalized spacial score (nSPS) is 13.6. The minimum atomic E-state index is -1.08. The second kappa shape index (κ2) is 16.7. The number of hydrogen-bond donors (Lipinski definition) is 2. The summed E-state index contributed by atoms with van der Waals surface area (Å²) in [5, 5.41) is 5.66. The van der Waals surface area contributed by atoms with E-state index in [-0.39, 0.29) is 13.0 Å². The van der Waals surface area contributed by atoms with Crippen molar-refractivity contribution in [3.63, 3.8) is 0 Å². The molecule has 0 saturated carbocycles. The fourth-order valence-corrected chi connectivity index (χ4v) is 5.39. The van der Waals surface area contributed by atoms with E-state index in [4.69, 9.17) is 9.47 Å². The number of benzene rings is 2. The van der Waals surface area contributed by atoms with E-state index in [0.29, 0.717) is 17.7 Å². The van der Waals surface area contributed by atoms with Crippen molar-refractivity contribution in [1.82, 2.24) is 15.5 Å². The molecule has 45 heavy (non-hydrogen) atoms. The van der Waals surface area contributed by atoms with Gasteiger partial charge in [0.05, 0.1) is 0 Å². The third-order valence-electron chi connectivity index (χ3n) is 6.63. The van der Waals surface area contributed by atoms with Crippen LogP contribution in [0.3, 0.4) is 0 Å². The van der Waals surface area contributed by atoms with E-state index < -0.39 is 53.2 Å². The highest BCUT2D eigenvalue weighted by Crippen LogP contribution is 2.26. The first-order valence-electron chi connectivity index (χ1n) is 15.4. The Morgan fingerprint density at radius 3 is 1.93 bits per heavy atom. The Kier molecular flexibility index (Phi) is 14.0. The van der Waals surface area contributed by atoms with Crippen molar-refractivity contribution in [2.75, 3.05) is 18.6 Å². The number of esters is 1. The summed E-state index contributed by atoms with van der Waals surface area (Å²) in [5.41, 5.74) is 1.77. The average molecular weight is 642 g/mol. The predicted molar refractivity (Wildman–Crippen MR) is 180 cm³/mol. The first kappa shape index (κ1) is 37.7. The van der Waals surface area contributed by atoms with Crippen LogP contribution in [0, 0.1) is 13.8 Å². The quantitative estimate of drug-likeness (QED) is 0.262. The molecule has 3 amide bonds. The topological polar surface area (TPSA) is 114 Å². The van der Waals surface area contributed by atoms with Crippen LogP contribution in [0.2, 0.25) is 0 Å². The SMILES string of the molecule is CCN(C(=O)C(CCSC)NC(=O)OC(C)(C)C)C(C(=O)NC(Cc1ccccc1)C(=O)OC(C)(C)C)c1cc(C)cc(C)c1. The standard InChI is InChI=1S/C35H51N3O6S/c1-11-38(31(40)27(17-18-45-10)37-33(42)44-35(7,8)9)29(26-20-23(2)19-24(3)21-26)30(39)36-28(32(41)43-34(4,5)6)22-25-15-13-12-14-16-25/h12-16,19-21,27-29H,11,17-18,22H2,1-10H3,(H,36,39)(H,37,42). The maximum atomic E-state index is 14.4. The summed E-state index contributed by atoms with van der Waals surface area (Å²) in [6, 6.07) is 12.1. The zero-order chi connectivity index (χ0) is 33.9. The summed E-state index contributed by atoms with van der Waals surface area (Å²) in [4.78, 5) is 56.3. The number of likely N-dealkylation sites (N-methyl/N-ethyl adjacent to an activating group) is 1. The summed E-state index contributed by atoms with van der Waals surface area (Å²) in [7, 11) is 0. The molecule has 0 saturated heterocycles. The summed E-state index contributed by atoms with van der Waals surface area (Å²) >= 11 is 1.55. The Bertz CT molecular complexity index is 1280. The van der Waals surface area contributed by atoms with Crippen LogP contribution in [0.4, 0.5) is 4.79 Å². The number of amides is 3. The summed E-state index contributed by atoms with van der Waals surface area (Å²) in [6.07, 6.45) is 1.75. The van der Waals surface area contributed by atoms with Gasteiger partial charge in [-0.1, -0.05) is 59.7 Å². The van der Waals surface area contributed by atoms with Crippen LogP contribution in [-0.4, -0.2) is 70.6 Å². The Morgan fingerprint density at radius 1 is 0.844 bits per heavy atom. The Balaban J connectivity index is 2.56. The minimum Gasteiger partial charge on any atom is -0.458 e. The third-order valence-corrected chi connectivity index (χ3v) is 7.28. The minimum absolute atomic E-state index is 0.172. The first-order chi connectivity index (χ1) is 20.9. The van der Waals surface area contributed by atoms with Crippen LogP contribution in [0.25, 0.3) is 0 Å². The number of thioether (sulfide) groups is 1. The number of alkyl carbamates (subject to hydrolysis) is 1. The summed E-state index contributed by atoms with van der Waals surface area (Å²) in [5.74, 6) is -0.920. The highest BCUT2D eigenvalue weighted by molar-refractivity contribution is 7.98. The highest BCUT2D eigenvalue weighted by atomic mass is 32.2. The van der Waals surface area contributed by atoms with Crippen LogP contribution in [-0.2, 0) is 30.3 Å². The second-order valence-electron chi connectivity index (χ2n) is 13.2. The zero-order valence-electron chi connectivity index (χ0n) is 28.5. The maximum Gasteiger partial charge on any atom is 0.408 e. The molecular weight excluding hydrogens is 590 g/mol. The molecule has 2 aromatic rings. The van der Waals surface area contributed by atoms with Gasteiger partial charge in [0, 0.05) is 13.0 Å². The molecule has 0 heterocycles. The molecule has 0 aromatic heterocycles. The van der Waals surface area contributed by atoms with E-state index in [2.05, 4.69) is 10.6 Å². The van der Waals surface area contributed by atoms with Crippen molar-refractivity contribution >= 4 is 35.6 Å². The Morgan fingerprint density at radius 2 is 1.42 bits per heavy atom. The van der Waals surface area contributed by atoms with Crippen molar-refractivity contribution in [2.45, 2.75) is 104 Å². The van der Waals surface area contributed by atoms with Gasteiger partial charge in [-0.15, -0.1) is 0 Å². The lowest BCUT2D eigenvalue weighted by Gasteiger charge is -2.35. The fraction of sp³-hybridized carbons (Fsp3) is 0.543. The Hall–Kier alpha value is -3.53. The largest absolute Gasteiger partial charge is 0.458 e. The lowest BCUT2D eigenvalue weighted by atomic mass is 9.97. The number of nitrogens with zero attached hydrogens (tertiary/aromatic N) is 1. The van der Waals surface area contributed by atoms with Gasteiger partial charge in [-0.25, -0.2) is 9.59 Å². The number of hydrogen-bond acceptors (Lipinski definition) is 7. The lowest BCUT2D eigenvalue weighted by Crippen LogP contribution is -2.55. The number of rotatable bonds is 13. The molecule has 2 aromatic carbocycles. The molecule has 3 unspecified atom stereocenters. The van der Waals surface area contributed by atoms with E-state index >= 15 is 0 Å². The molecule has 3 atom stereocenters. The molecular formula is C35H51N3O6S. The summed E-state index contributed by atoms with van der Waals surface area (Å²) in [6.45, 7) is 16.4. The summed E-state index contributed by atoms with van der Waals surface area (Å²) < 4.78 is 11.2. The second-order valence-corrected chi connectivity index (χ2v) is 14.2. The third kappa shape index (κ3) is 12.8. The maximum absolute atomic E-state index is 14.4. The van der Waals surface area contributed by atoms with Crippen LogP contribution in [0.1, 0.15) is 83.2 Å². The van der Waals surface area contributed by atoms with Gasteiger partial charge in [0.1, 0.15) is 29.3 Å². The van der Waals surface area contributed by atoms with Crippen molar-refractivity contribution in [3.8, 4) is 0 Å². The average Bonchev–Trinajstić information content (AvgIpc) is 2.91. The van der Waals surface area contributed by atoms with E-state index in [1.165, 1.54) is 4.90 Å². The number of ether oxygens (including phenoxy) is 2. The molecule has 10 heteroatoms. The fourth-order valence-electron chi connectivity index (χ4n) is 4.92. The van der Waals surface area contributed by atoms with Crippen LogP contribution >= 0.6 is 11.8 Å². The van der Waals surface area contributed by atoms with E-state index in [1.54, 1.807) is 60.2 Å². The zero-order valence-corrected chi connectivity index (χ0v) is 29.3. The molecule has 0 aliphatic heterocycles. The van der Waals surface area contributed by atoms with Gasteiger partial charge < -0.3 is 25.0 Å². The van der Waals surface area contributed by atoms with Crippen molar-refractivity contribution in [2.24, 2.45) is 0 Å². The first-order valence-corrected chi connectivity index (χ1v) is 16.8. The van der Waals surface area contributed by atoms with Gasteiger partial charge in [-0.2, -0.15) is 11.8 Å². The molecule has 0 radical (unpaired) electrons. The smallest absolute Gasteiger partial charge is 0.408 e. The van der Waals surface area contributed by atoms with Gasteiger partial charge in [0.15, 0.2) is 0 Å². The number of carbonyl (C=O) groups is 4. The lowest BCUT2D eigenvalue weighted by molar-refractivity contribution is -0.159. The van der Waals surface area contributed by atoms with E-state index in [0.717, 1.165) is 16.7 Å². The molecule has 0 fully saturated rings. The van der Waals surface area contributed by atoms with Crippen LogP contribution in [0.15, 0.2) is 48.5 Å². The van der Waals surface area contributed by atoms with Gasteiger partial charge in [0.25, 0.3) is 0 Å². The van der Waals surface area contributed by atoms with Crippen molar-refractivity contribution < 1.29 is 28.7 Å². The van der Waals surface area contributed by atoms with Gasteiger partial charge in [-0.3, -0.25) is 9.59 Å². The molecule has 0 bridgehead atoms. The van der Waals surface area contributed by atoms with Gasteiger partial charge >= 0.3 is 12.1 Å². The molecule has 2 rings (SSSR count). The van der Waals surface area contributed by atoms with Gasteiger partial charge in [-0.05, 0) is 91.9 Å². The number of nitrogens with one attached hydrogen (secondary N) is 2. The van der Waals surface area contributed by atoms with E-state index in [1.807, 2.05) is 68.6 Å². The number of aryl methyl sites for hydroxylation is 2. The predicted octanol–water partition coefficient (Wildman–Crippen LogP) is 5.91. The molecule has 2 N–H and O–H groups in total. The number of carbonyl (C=O) groups excluding carboxylic acids is 4. The van der Waals surface area contributed by atoms with Crippen LogP contribution in [0.5, 0.6) is 0 Å². The van der Waals surface area contributed by atoms with E-state index in [9.17, 15) is 19.2 Å². The highest BCUT2D eigenvalue weighted by Gasteiger charge is 2.37. The van der Waals surface area contributed by atoms with Crippen molar-refractivity contribution in [3.05, 3.63) is 70.8 Å². The van der Waals surface area contributed by atoms with Crippen molar-refractivity contribution in [1.29, 1.82) is 0 Å².